The van der Waals surface area contributed by atoms with Gasteiger partial charge in [-0.05, 0) is 38.8 Å². The Morgan fingerprint density at radius 3 is 2.59 bits per heavy atom. The topological polar surface area (TPSA) is 63.2 Å². The maximum atomic E-state index is 11.9. The molecule has 0 radical (unpaired) electrons. The molecule has 0 spiro atoms. The number of carbonyl (C=O) groups is 1. The monoisotopic (exact) mass is 509 g/mol. The Labute approximate surface area is 183 Å². The van der Waals surface area contributed by atoms with Crippen LogP contribution in [-0.4, -0.2) is 50.2 Å². The molecule has 0 atom stereocenters. The van der Waals surface area contributed by atoms with Crippen molar-refractivity contribution in [3.8, 4) is 5.75 Å². The minimum Gasteiger partial charge on any atom is -0.493 e. The maximum absolute atomic E-state index is 11.9. The summed E-state index contributed by atoms with van der Waals surface area (Å²) in [6, 6.07) is 5.64. The summed E-state index contributed by atoms with van der Waals surface area (Å²) in [5, 5.41) is 4.03. The zero-order valence-electron chi connectivity index (χ0n) is 16.2. The number of ether oxygens (including phenoxy) is 2. The molecule has 1 N–H and O–H groups in total. The number of nitrogens with zero attached hydrogens (tertiary/aromatic N) is 2. The van der Waals surface area contributed by atoms with E-state index >= 15 is 0 Å². The number of nitrogens with one attached hydrogen (secondary N) is 1. The van der Waals surface area contributed by atoms with E-state index in [0.29, 0.717) is 24.8 Å². The van der Waals surface area contributed by atoms with Gasteiger partial charge in [-0.25, -0.2) is 0 Å². The lowest BCUT2D eigenvalue weighted by molar-refractivity contribution is -0.149. The van der Waals surface area contributed by atoms with Crippen molar-refractivity contribution in [2.75, 3.05) is 33.4 Å². The number of esters is 1. The Morgan fingerprint density at radius 1 is 1.30 bits per heavy atom. The summed E-state index contributed by atoms with van der Waals surface area (Å²) in [5.74, 6) is 1.51. The van der Waals surface area contributed by atoms with Gasteiger partial charge >= 0.3 is 5.97 Å². The second-order valence-electron chi connectivity index (χ2n) is 6.10. The summed E-state index contributed by atoms with van der Waals surface area (Å²) in [6.07, 6.45) is 1.56. The molecule has 0 saturated carbocycles. The summed E-state index contributed by atoms with van der Waals surface area (Å²) in [5.41, 5.74) is 1.03. The maximum Gasteiger partial charge on any atom is 0.309 e. The molecule has 27 heavy (non-hydrogen) atoms. The van der Waals surface area contributed by atoms with Crippen LogP contribution in [0.15, 0.2) is 23.2 Å². The van der Waals surface area contributed by atoms with Gasteiger partial charge in [-0.3, -0.25) is 9.79 Å². The number of carbonyl (C=O) groups excluding carboxylic acids is 1. The lowest BCUT2D eigenvalue weighted by atomic mass is 9.97. The molecule has 0 bridgehead atoms. The van der Waals surface area contributed by atoms with E-state index in [-0.39, 0.29) is 35.9 Å². The van der Waals surface area contributed by atoms with E-state index < -0.39 is 0 Å². The fourth-order valence-electron chi connectivity index (χ4n) is 3.06. The first-order valence-corrected chi connectivity index (χ1v) is 9.50. The van der Waals surface area contributed by atoms with Gasteiger partial charge in [0.25, 0.3) is 0 Å². The van der Waals surface area contributed by atoms with E-state index in [1.54, 1.807) is 7.05 Å². The molecule has 1 aliphatic heterocycles. The van der Waals surface area contributed by atoms with E-state index in [4.69, 9.17) is 21.1 Å². The third kappa shape index (κ3) is 7.03. The number of benzene rings is 1. The fourth-order valence-corrected chi connectivity index (χ4v) is 3.22. The number of halogens is 2. The molecular formula is C19H29ClIN3O3. The lowest BCUT2D eigenvalue weighted by Crippen LogP contribution is -2.46. The molecular weight excluding hydrogens is 481 g/mol. The quantitative estimate of drug-likeness (QED) is 0.274. The lowest BCUT2D eigenvalue weighted by Gasteiger charge is -2.33. The molecule has 0 amide bonds. The molecule has 152 valence electrons. The Kier molecular flexibility index (Phi) is 10.8. The van der Waals surface area contributed by atoms with Gasteiger partial charge in [-0.1, -0.05) is 17.7 Å². The Hall–Kier alpha value is -1.22. The molecule has 0 aromatic heterocycles. The Morgan fingerprint density at radius 2 is 2.00 bits per heavy atom. The van der Waals surface area contributed by atoms with Gasteiger partial charge in [-0.2, -0.15) is 0 Å². The molecule has 0 aliphatic carbocycles. The molecule has 1 fully saturated rings. The van der Waals surface area contributed by atoms with Crippen molar-refractivity contribution in [1.29, 1.82) is 0 Å². The zero-order chi connectivity index (χ0) is 18.9. The molecule has 0 unspecified atom stereocenters. The molecule has 1 saturated heterocycles. The predicted octanol–water partition coefficient (Wildman–Crippen LogP) is 3.71. The van der Waals surface area contributed by atoms with E-state index in [2.05, 4.69) is 15.2 Å². The van der Waals surface area contributed by atoms with Gasteiger partial charge in [0.15, 0.2) is 5.96 Å². The van der Waals surface area contributed by atoms with Gasteiger partial charge in [0.2, 0.25) is 0 Å². The van der Waals surface area contributed by atoms with Crippen LogP contribution in [0.25, 0.3) is 0 Å². The second kappa shape index (κ2) is 12.3. The van der Waals surface area contributed by atoms with E-state index in [1.165, 1.54) is 0 Å². The first-order valence-electron chi connectivity index (χ1n) is 9.12. The van der Waals surface area contributed by atoms with E-state index in [0.717, 1.165) is 43.2 Å². The molecule has 1 aromatic rings. The van der Waals surface area contributed by atoms with Crippen LogP contribution in [0.3, 0.4) is 0 Å². The summed E-state index contributed by atoms with van der Waals surface area (Å²) >= 11 is 6.06. The molecule has 2 rings (SSSR count). The van der Waals surface area contributed by atoms with E-state index in [1.807, 2.05) is 32.0 Å². The van der Waals surface area contributed by atoms with Crippen LogP contribution >= 0.6 is 35.6 Å². The van der Waals surface area contributed by atoms with Crippen molar-refractivity contribution in [2.45, 2.75) is 33.2 Å². The van der Waals surface area contributed by atoms with Gasteiger partial charge in [0.05, 0.1) is 19.1 Å². The highest BCUT2D eigenvalue weighted by atomic mass is 127. The highest BCUT2D eigenvalue weighted by Gasteiger charge is 2.27. The van der Waals surface area contributed by atoms with Gasteiger partial charge < -0.3 is 19.7 Å². The third-order valence-electron chi connectivity index (χ3n) is 4.39. The second-order valence-corrected chi connectivity index (χ2v) is 6.54. The number of likely N-dealkylation sites (tertiary alicyclic amines) is 1. The standard InChI is InChI=1S/C19H28ClN3O3.HI/c1-4-25-17-12-16(20)7-6-15(17)13-22-19(21-3)23-10-8-14(9-11-23)18(24)26-5-2;/h6-7,12,14H,4-5,8-11,13H2,1-3H3,(H,21,22);1H. The fraction of sp³-hybridized carbons (Fsp3) is 0.579. The number of piperidine rings is 1. The van der Waals surface area contributed by atoms with Crippen LogP contribution in [-0.2, 0) is 16.1 Å². The number of hydrogen-bond acceptors (Lipinski definition) is 4. The van der Waals surface area contributed by atoms with Crippen molar-refractivity contribution in [2.24, 2.45) is 10.9 Å². The van der Waals surface area contributed by atoms with E-state index in [9.17, 15) is 4.79 Å². The number of aliphatic imine (C=N–C) groups is 1. The number of guanidine groups is 1. The van der Waals surface area contributed by atoms with Crippen LogP contribution < -0.4 is 10.1 Å². The summed E-state index contributed by atoms with van der Waals surface area (Å²) in [6.45, 7) is 6.97. The molecule has 6 nitrogen and oxygen atoms in total. The normalized spacial score (nSPS) is 15.1. The average molecular weight is 510 g/mol. The van der Waals surface area contributed by atoms with Crippen LogP contribution in [0.4, 0.5) is 0 Å². The Balaban J connectivity index is 0.00000364. The highest BCUT2D eigenvalue weighted by molar-refractivity contribution is 14.0. The molecule has 1 aromatic carbocycles. The van der Waals surface area contributed by atoms with Crippen molar-refractivity contribution in [3.05, 3.63) is 28.8 Å². The zero-order valence-corrected chi connectivity index (χ0v) is 19.3. The van der Waals surface area contributed by atoms with Crippen LogP contribution in [0.1, 0.15) is 32.3 Å². The van der Waals surface area contributed by atoms with Crippen molar-refractivity contribution in [3.63, 3.8) is 0 Å². The number of hydrogen-bond donors (Lipinski definition) is 1. The average Bonchev–Trinajstić information content (AvgIpc) is 2.64. The first kappa shape index (κ1) is 23.8. The molecule has 1 heterocycles. The SMILES string of the molecule is CCOC(=O)C1CCN(C(=NC)NCc2ccc(Cl)cc2OCC)CC1.I. The van der Waals surface area contributed by atoms with Gasteiger partial charge in [0, 0.05) is 37.3 Å². The van der Waals surface area contributed by atoms with Gasteiger partial charge in [0.1, 0.15) is 5.75 Å². The minimum atomic E-state index is -0.0855. The first-order chi connectivity index (χ1) is 12.6. The Bertz CT molecular complexity index is 635. The molecule has 1 aliphatic rings. The van der Waals surface area contributed by atoms with Gasteiger partial charge in [-0.15, -0.1) is 24.0 Å². The minimum absolute atomic E-state index is 0. The highest BCUT2D eigenvalue weighted by Crippen LogP contribution is 2.24. The molecule has 8 heteroatoms. The third-order valence-corrected chi connectivity index (χ3v) is 4.63. The van der Waals surface area contributed by atoms with Crippen LogP contribution in [0, 0.1) is 5.92 Å². The van der Waals surface area contributed by atoms with Crippen molar-refractivity contribution < 1.29 is 14.3 Å². The predicted molar refractivity (Wildman–Crippen MR) is 119 cm³/mol. The van der Waals surface area contributed by atoms with Crippen LogP contribution in [0.2, 0.25) is 5.02 Å². The van der Waals surface area contributed by atoms with Crippen molar-refractivity contribution in [1.82, 2.24) is 10.2 Å². The summed E-state index contributed by atoms with van der Waals surface area (Å²) in [4.78, 5) is 18.4. The smallest absolute Gasteiger partial charge is 0.309 e. The number of rotatable bonds is 6. The largest absolute Gasteiger partial charge is 0.493 e. The van der Waals surface area contributed by atoms with Crippen LogP contribution in [0.5, 0.6) is 5.75 Å². The van der Waals surface area contributed by atoms with Crippen molar-refractivity contribution >= 4 is 47.5 Å². The summed E-state index contributed by atoms with van der Waals surface area (Å²) < 4.78 is 10.8. The summed E-state index contributed by atoms with van der Waals surface area (Å²) in [7, 11) is 1.77.